The summed E-state index contributed by atoms with van der Waals surface area (Å²) in [5, 5.41) is 3.09. The molecular formula is C16H24N2O2. The number of anilines is 1. The van der Waals surface area contributed by atoms with Gasteiger partial charge in [0, 0.05) is 6.04 Å². The molecule has 0 heterocycles. The molecule has 0 radical (unpaired) electrons. The summed E-state index contributed by atoms with van der Waals surface area (Å²) in [7, 11) is 0. The first-order chi connectivity index (χ1) is 9.66. The van der Waals surface area contributed by atoms with Crippen molar-refractivity contribution in [2.24, 2.45) is 5.92 Å². The van der Waals surface area contributed by atoms with E-state index >= 15 is 0 Å². The average Bonchev–Trinajstić information content (AvgIpc) is 2.63. The van der Waals surface area contributed by atoms with Gasteiger partial charge in [0.15, 0.2) is 6.61 Å². The molecule has 4 nitrogen and oxygen atoms in total. The molecule has 4 heteroatoms. The molecule has 1 saturated carbocycles. The van der Waals surface area contributed by atoms with E-state index < -0.39 is 0 Å². The van der Waals surface area contributed by atoms with Gasteiger partial charge in [-0.1, -0.05) is 38.3 Å². The molecule has 0 aliphatic heterocycles. The molecule has 1 aromatic carbocycles. The standard InChI is InChI=1S/C16H24N2O2/c1-12-7-3-2-4-9-14(12)18-16(19)11-20-15-10-6-5-8-13(15)17/h5-6,8,10,12,14H,2-4,7,9,11,17H2,1H3,(H,18,19). The maximum atomic E-state index is 12.0. The number of nitrogens with one attached hydrogen (secondary N) is 1. The first-order valence-corrected chi connectivity index (χ1v) is 7.43. The van der Waals surface area contributed by atoms with Gasteiger partial charge in [-0.05, 0) is 30.9 Å². The summed E-state index contributed by atoms with van der Waals surface area (Å²) in [4.78, 5) is 12.0. The molecule has 1 aliphatic carbocycles. The van der Waals surface area contributed by atoms with Crippen LogP contribution in [-0.2, 0) is 4.79 Å². The van der Waals surface area contributed by atoms with Gasteiger partial charge in [0.2, 0.25) is 0 Å². The summed E-state index contributed by atoms with van der Waals surface area (Å²) >= 11 is 0. The van der Waals surface area contributed by atoms with E-state index in [-0.39, 0.29) is 18.6 Å². The number of hydrogen-bond acceptors (Lipinski definition) is 3. The Kier molecular flexibility index (Phi) is 5.27. The van der Waals surface area contributed by atoms with E-state index in [4.69, 9.17) is 10.5 Å². The van der Waals surface area contributed by atoms with Crippen LogP contribution in [0.3, 0.4) is 0 Å². The number of carbonyl (C=O) groups is 1. The van der Waals surface area contributed by atoms with Crippen molar-refractivity contribution >= 4 is 11.6 Å². The number of rotatable bonds is 4. The smallest absolute Gasteiger partial charge is 0.258 e. The fraction of sp³-hybridized carbons (Fsp3) is 0.562. The van der Waals surface area contributed by atoms with Gasteiger partial charge in [-0.25, -0.2) is 0 Å². The Morgan fingerprint density at radius 3 is 2.85 bits per heavy atom. The second-order valence-corrected chi connectivity index (χ2v) is 5.62. The number of nitrogen functional groups attached to an aromatic ring is 1. The van der Waals surface area contributed by atoms with Crippen LogP contribution >= 0.6 is 0 Å². The van der Waals surface area contributed by atoms with Crippen molar-refractivity contribution in [1.82, 2.24) is 5.32 Å². The van der Waals surface area contributed by atoms with Crippen LogP contribution < -0.4 is 15.8 Å². The van der Waals surface area contributed by atoms with Crippen molar-refractivity contribution in [3.05, 3.63) is 24.3 Å². The van der Waals surface area contributed by atoms with Gasteiger partial charge in [-0.15, -0.1) is 0 Å². The molecule has 3 N–H and O–H groups in total. The minimum Gasteiger partial charge on any atom is -0.482 e. The molecule has 1 amide bonds. The number of amides is 1. The fourth-order valence-electron chi connectivity index (χ4n) is 2.71. The van der Waals surface area contributed by atoms with Crippen molar-refractivity contribution in [1.29, 1.82) is 0 Å². The van der Waals surface area contributed by atoms with E-state index in [1.807, 2.05) is 12.1 Å². The fourth-order valence-corrected chi connectivity index (χ4v) is 2.71. The number of benzene rings is 1. The predicted molar refractivity (Wildman–Crippen MR) is 80.5 cm³/mol. The first-order valence-electron chi connectivity index (χ1n) is 7.43. The van der Waals surface area contributed by atoms with Crippen molar-refractivity contribution in [3.8, 4) is 5.75 Å². The Hall–Kier alpha value is -1.71. The summed E-state index contributed by atoms with van der Waals surface area (Å²) in [5.74, 6) is 1.05. The molecule has 1 aliphatic rings. The van der Waals surface area contributed by atoms with Gasteiger partial charge >= 0.3 is 0 Å². The SMILES string of the molecule is CC1CCCCCC1NC(=O)COc1ccccc1N. The molecule has 0 bridgehead atoms. The predicted octanol–water partition coefficient (Wildman–Crippen LogP) is 2.73. The van der Waals surface area contributed by atoms with Crippen LogP contribution in [0.4, 0.5) is 5.69 Å². The molecule has 110 valence electrons. The van der Waals surface area contributed by atoms with Gasteiger partial charge in [0.05, 0.1) is 5.69 Å². The molecule has 2 rings (SSSR count). The highest BCUT2D eigenvalue weighted by molar-refractivity contribution is 5.78. The van der Waals surface area contributed by atoms with Gasteiger partial charge in [-0.3, -0.25) is 4.79 Å². The van der Waals surface area contributed by atoms with E-state index in [0.29, 0.717) is 17.4 Å². The third-order valence-electron chi connectivity index (χ3n) is 3.99. The lowest BCUT2D eigenvalue weighted by Crippen LogP contribution is -2.41. The summed E-state index contributed by atoms with van der Waals surface area (Å²) < 4.78 is 5.47. The molecule has 0 saturated heterocycles. The number of ether oxygens (including phenoxy) is 1. The Morgan fingerprint density at radius 2 is 2.05 bits per heavy atom. The Bertz CT molecular complexity index is 448. The Balaban J connectivity index is 1.81. The van der Waals surface area contributed by atoms with E-state index in [2.05, 4.69) is 12.2 Å². The highest BCUT2D eigenvalue weighted by atomic mass is 16.5. The minimum atomic E-state index is -0.0630. The topological polar surface area (TPSA) is 64.3 Å². The number of para-hydroxylation sites is 2. The average molecular weight is 276 g/mol. The second kappa shape index (κ2) is 7.17. The molecule has 20 heavy (non-hydrogen) atoms. The molecule has 2 unspecified atom stereocenters. The van der Waals surface area contributed by atoms with Crippen LogP contribution in [0.1, 0.15) is 39.0 Å². The summed E-state index contributed by atoms with van der Waals surface area (Å²) in [5.41, 5.74) is 6.34. The van der Waals surface area contributed by atoms with Crippen LogP contribution in [-0.4, -0.2) is 18.6 Å². The van der Waals surface area contributed by atoms with E-state index in [1.54, 1.807) is 12.1 Å². The van der Waals surface area contributed by atoms with Gasteiger partial charge in [0.25, 0.3) is 5.91 Å². The van der Waals surface area contributed by atoms with Crippen molar-refractivity contribution in [2.45, 2.75) is 45.1 Å². The summed E-state index contributed by atoms with van der Waals surface area (Å²) in [6.45, 7) is 2.24. The van der Waals surface area contributed by atoms with Crippen LogP contribution in [0.2, 0.25) is 0 Å². The zero-order valence-corrected chi connectivity index (χ0v) is 12.1. The van der Waals surface area contributed by atoms with Gasteiger partial charge in [-0.2, -0.15) is 0 Å². The molecule has 0 aromatic heterocycles. The van der Waals surface area contributed by atoms with Crippen LogP contribution in [0.5, 0.6) is 5.75 Å². The quantitative estimate of drug-likeness (QED) is 0.656. The maximum Gasteiger partial charge on any atom is 0.258 e. The Labute approximate surface area is 120 Å². The number of carbonyl (C=O) groups excluding carboxylic acids is 1. The van der Waals surface area contributed by atoms with E-state index in [9.17, 15) is 4.79 Å². The van der Waals surface area contributed by atoms with E-state index in [0.717, 1.165) is 6.42 Å². The summed E-state index contributed by atoms with van der Waals surface area (Å²) in [6, 6.07) is 7.51. The third-order valence-corrected chi connectivity index (χ3v) is 3.99. The van der Waals surface area contributed by atoms with Crippen molar-refractivity contribution in [3.63, 3.8) is 0 Å². The molecule has 0 spiro atoms. The lowest BCUT2D eigenvalue weighted by atomic mass is 9.97. The zero-order valence-electron chi connectivity index (χ0n) is 12.1. The van der Waals surface area contributed by atoms with Gasteiger partial charge < -0.3 is 15.8 Å². The van der Waals surface area contributed by atoms with Crippen LogP contribution in [0.15, 0.2) is 24.3 Å². The van der Waals surface area contributed by atoms with E-state index in [1.165, 1.54) is 25.7 Å². The molecule has 1 fully saturated rings. The zero-order chi connectivity index (χ0) is 14.4. The maximum absolute atomic E-state index is 12.0. The lowest BCUT2D eigenvalue weighted by Gasteiger charge is -2.22. The van der Waals surface area contributed by atoms with Crippen LogP contribution in [0, 0.1) is 5.92 Å². The second-order valence-electron chi connectivity index (χ2n) is 5.62. The molecule has 1 aromatic rings. The van der Waals surface area contributed by atoms with Crippen LogP contribution in [0.25, 0.3) is 0 Å². The normalized spacial score (nSPS) is 22.9. The third kappa shape index (κ3) is 4.15. The van der Waals surface area contributed by atoms with Gasteiger partial charge in [0.1, 0.15) is 5.75 Å². The first kappa shape index (κ1) is 14.7. The highest BCUT2D eigenvalue weighted by Crippen LogP contribution is 2.23. The molecule has 2 atom stereocenters. The lowest BCUT2D eigenvalue weighted by molar-refractivity contribution is -0.124. The van der Waals surface area contributed by atoms with Crippen molar-refractivity contribution < 1.29 is 9.53 Å². The highest BCUT2D eigenvalue weighted by Gasteiger charge is 2.21. The minimum absolute atomic E-state index is 0.0252. The largest absolute Gasteiger partial charge is 0.482 e. The Morgan fingerprint density at radius 1 is 1.30 bits per heavy atom. The number of nitrogens with two attached hydrogens (primary N) is 1. The van der Waals surface area contributed by atoms with Crippen molar-refractivity contribution in [2.75, 3.05) is 12.3 Å². The molecular weight excluding hydrogens is 252 g/mol. The summed E-state index contributed by atoms with van der Waals surface area (Å²) in [6.07, 6.45) is 6.00. The number of hydrogen-bond donors (Lipinski definition) is 2. The monoisotopic (exact) mass is 276 g/mol.